The van der Waals surface area contributed by atoms with Crippen molar-refractivity contribution in [3.05, 3.63) is 34.9 Å². The van der Waals surface area contributed by atoms with Crippen LogP contribution >= 0.6 is 0 Å². The number of hydrogen-bond acceptors (Lipinski definition) is 2. The lowest BCUT2D eigenvalue weighted by molar-refractivity contribution is 0.275. The third-order valence-corrected chi connectivity index (χ3v) is 4.07. The third-order valence-electron chi connectivity index (χ3n) is 4.07. The summed E-state index contributed by atoms with van der Waals surface area (Å²) >= 11 is 0. The van der Waals surface area contributed by atoms with Gasteiger partial charge in [0.1, 0.15) is 0 Å². The van der Waals surface area contributed by atoms with Crippen LogP contribution in [0.1, 0.15) is 62.1 Å². The van der Waals surface area contributed by atoms with Gasteiger partial charge in [-0.1, -0.05) is 57.2 Å². The van der Waals surface area contributed by atoms with Crippen molar-refractivity contribution in [3.63, 3.8) is 0 Å². The van der Waals surface area contributed by atoms with Crippen LogP contribution in [0.15, 0.2) is 18.2 Å². The van der Waals surface area contributed by atoms with E-state index in [-0.39, 0.29) is 6.61 Å². The lowest BCUT2D eigenvalue weighted by Gasteiger charge is -2.14. The Morgan fingerprint density at radius 1 is 1.00 bits per heavy atom. The number of fused-ring (bicyclic) bond motifs is 1. The van der Waals surface area contributed by atoms with Crippen molar-refractivity contribution in [2.24, 2.45) is 0 Å². The predicted molar refractivity (Wildman–Crippen MR) is 79.9 cm³/mol. The lowest BCUT2D eigenvalue weighted by Crippen LogP contribution is -2.17. The van der Waals surface area contributed by atoms with E-state index >= 15 is 0 Å². The van der Waals surface area contributed by atoms with Gasteiger partial charge >= 0.3 is 0 Å². The van der Waals surface area contributed by atoms with Crippen LogP contribution in [0.4, 0.5) is 0 Å². The zero-order valence-electron chi connectivity index (χ0n) is 12.2. The van der Waals surface area contributed by atoms with Gasteiger partial charge < -0.3 is 5.11 Å². The highest BCUT2D eigenvalue weighted by molar-refractivity contribution is 5.34. The van der Waals surface area contributed by atoms with Gasteiger partial charge in [0, 0.05) is 13.1 Å². The van der Waals surface area contributed by atoms with Crippen LogP contribution < -0.4 is 0 Å². The second-order valence-corrected chi connectivity index (χ2v) is 5.74. The molecule has 2 rings (SSSR count). The summed E-state index contributed by atoms with van der Waals surface area (Å²) in [6.45, 7) is 5.80. The molecule has 2 heteroatoms. The summed E-state index contributed by atoms with van der Waals surface area (Å²) < 4.78 is 0. The fourth-order valence-corrected chi connectivity index (χ4v) is 2.89. The summed E-state index contributed by atoms with van der Waals surface area (Å²) in [5.74, 6) is 0. The number of aliphatic hydroxyl groups is 1. The Bertz CT molecular complexity index is 389. The first-order chi connectivity index (χ1) is 9.33. The Hall–Kier alpha value is -0.860. The van der Waals surface area contributed by atoms with Crippen LogP contribution in [-0.2, 0) is 19.7 Å². The maximum absolute atomic E-state index is 9.17. The van der Waals surface area contributed by atoms with Gasteiger partial charge in [-0.05, 0) is 29.7 Å². The molecule has 1 aromatic rings. The highest BCUT2D eigenvalue weighted by Crippen LogP contribution is 2.24. The zero-order valence-corrected chi connectivity index (χ0v) is 12.2. The highest BCUT2D eigenvalue weighted by atomic mass is 16.3. The van der Waals surface area contributed by atoms with E-state index in [0.29, 0.717) is 0 Å². The van der Waals surface area contributed by atoms with Crippen molar-refractivity contribution < 1.29 is 5.11 Å². The highest BCUT2D eigenvalue weighted by Gasteiger charge is 2.18. The third kappa shape index (κ3) is 4.32. The molecule has 0 aliphatic carbocycles. The van der Waals surface area contributed by atoms with Gasteiger partial charge in [0.25, 0.3) is 0 Å². The molecule has 2 nitrogen and oxygen atoms in total. The van der Waals surface area contributed by atoms with Crippen LogP contribution in [0.5, 0.6) is 0 Å². The van der Waals surface area contributed by atoms with E-state index in [4.69, 9.17) is 5.11 Å². The Kier molecular flexibility index (Phi) is 5.87. The molecular weight excluding hydrogens is 234 g/mol. The molecule has 0 radical (unpaired) electrons. The van der Waals surface area contributed by atoms with Gasteiger partial charge in [-0.25, -0.2) is 0 Å². The summed E-state index contributed by atoms with van der Waals surface area (Å²) in [6, 6.07) is 6.39. The normalized spacial score (nSPS) is 14.8. The average Bonchev–Trinajstić information content (AvgIpc) is 2.84. The fraction of sp³-hybridized carbons (Fsp3) is 0.647. The molecule has 0 saturated heterocycles. The van der Waals surface area contributed by atoms with Gasteiger partial charge in [-0.3, -0.25) is 4.90 Å². The SMILES string of the molecule is CCCCCCCCN1Cc2ccc(CO)cc2C1. The van der Waals surface area contributed by atoms with Crippen molar-refractivity contribution in [1.82, 2.24) is 4.90 Å². The number of unbranched alkanes of at least 4 members (excludes halogenated alkanes) is 5. The molecule has 0 unspecified atom stereocenters. The van der Waals surface area contributed by atoms with E-state index in [9.17, 15) is 0 Å². The van der Waals surface area contributed by atoms with Crippen molar-refractivity contribution in [2.75, 3.05) is 6.54 Å². The average molecular weight is 261 g/mol. The zero-order chi connectivity index (χ0) is 13.5. The summed E-state index contributed by atoms with van der Waals surface area (Å²) in [6.07, 6.45) is 8.20. The van der Waals surface area contributed by atoms with Gasteiger partial charge in [0.05, 0.1) is 6.61 Å². The molecule has 19 heavy (non-hydrogen) atoms. The van der Waals surface area contributed by atoms with Crippen molar-refractivity contribution in [1.29, 1.82) is 0 Å². The standard InChI is InChI=1S/C17H27NO/c1-2-3-4-5-6-7-10-18-12-16-9-8-15(14-19)11-17(16)13-18/h8-9,11,19H,2-7,10,12-14H2,1H3. The molecule has 1 N–H and O–H groups in total. The molecular formula is C17H27NO. The molecule has 0 fully saturated rings. The summed E-state index contributed by atoms with van der Waals surface area (Å²) in [7, 11) is 0. The largest absolute Gasteiger partial charge is 0.392 e. The number of nitrogens with zero attached hydrogens (tertiary/aromatic N) is 1. The van der Waals surface area contributed by atoms with Crippen molar-refractivity contribution in [2.45, 2.75) is 65.1 Å². The van der Waals surface area contributed by atoms with Crippen molar-refractivity contribution >= 4 is 0 Å². The first-order valence-electron chi connectivity index (χ1n) is 7.77. The Labute approximate surface area is 117 Å². The molecule has 0 atom stereocenters. The monoisotopic (exact) mass is 261 g/mol. The van der Waals surface area contributed by atoms with Crippen LogP contribution in [0.2, 0.25) is 0 Å². The first-order valence-corrected chi connectivity index (χ1v) is 7.77. The van der Waals surface area contributed by atoms with Gasteiger partial charge in [-0.2, -0.15) is 0 Å². The van der Waals surface area contributed by atoms with E-state index in [0.717, 1.165) is 18.7 Å². The minimum atomic E-state index is 0.157. The Morgan fingerprint density at radius 2 is 1.74 bits per heavy atom. The second-order valence-electron chi connectivity index (χ2n) is 5.74. The molecule has 106 valence electrons. The molecule has 0 spiro atoms. The number of hydrogen-bond donors (Lipinski definition) is 1. The van der Waals surface area contributed by atoms with Crippen LogP contribution in [-0.4, -0.2) is 16.6 Å². The molecule has 1 aromatic carbocycles. The van der Waals surface area contributed by atoms with Gasteiger partial charge in [-0.15, -0.1) is 0 Å². The Morgan fingerprint density at radius 3 is 2.53 bits per heavy atom. The van der Waals surface area contributed by atoms with Crippen LogP contribution in [0.25, 0.3) is 0 Å². The molecule has 0 bridgehead atoms. The maximum Gasteiger partial charge on any atom is 0.0681 e. The fourth-order valence-electron chi connectivity index (χ4n) is 2.89. The minimum absolute atomic E-state index is 0.157. The van der Waals surface area contributed by atoms with Gasteiger partial charge in [0.2, 0.25) is 0 Å². The van der Waals surface area contributed by atoms with Crippen LogP contribution in [0.3, 0.4) is 0 Å². The maximum atomic E-state index is 9.17. The molecule has 1 aliphatic heterocycles. The molecule has 1 heterocycles. The number of rotatable bonds is 8. The summed E-state index contributed by atoms with van der Waals surface area (Å²) in [5, 5.41) is 9.17. The summed E-state index contributed by atoms with van der Waals surface area (Å²) in [5.41, 5.74) is 3.90. The van der Waals surface area contributed by atoms with Crippen molar-refractivity contribution in [3.8, 4) is 0 Å². The molecule has 0 aromatic heterocycles. The second kappa shape index (κ2) is 7.66. The van der Waals surface area contributed by atoms with E-state index in [1.165, 1.54) is 56.2 Å². The number of benzene rings is 1. The molecule has 1 aliphatic rings. The first kappa shape index (κ1) is 14.5. The van der Waals surface area contributed by atoms with Gasteiger partial charge in [0.15, 0.2) is 0 Å². The van der Waals surface area contributed by atoms with E-state index < -0.39 is 0 Å². The van der Waals surface area contributed by atoms with E-state index in [2.05, 4.69) is 24.0 Å². The lowest BCUT2D eigenvalue weighted by atomic mass is 10.1. The number of aliphatic hydroxyl groups excluding tert-OH is 1. The van der Waals surface area contributed by atoms with E-state index in [1.54, 1.807) is 0 Å². The predicted octanol–water partition coefficient (Wildman–Crippen LogP) is 3.86. The molecule has 0 saturated carbocycles. The quantitative estimate of drug-likeness (QED) is 0.718. The summed E-state index contributed by atoms with van der Waals surface area (Å²) in [4.78, 5) is 2.53. The van der Waals surface area contributed by atoms with E-state index in [1.807, 2.05) is 6.07 Å². The Balaban J connectivity index is 1.68. The minimum Gasteiger partial charge on any atom is -0.392 e. The molecule has 0 amide bonds. The van der Waals surface area contributed by atoms with Crippen LogP contribution in [0, 0.1) is 0 Å². The smallest absolute Gasteiger partial charge is 0.0681 e. The topological polar surface area (TPSA) is 23.5 Å².